The number of aromatic nitrogens is 2. The summed E-state index contributed by atoms with van der Waals surface area (Å²) in [5.74, 6) is 2.98. The molecule has 6 nitrogen and oxygen atoms in total. The number of amides is 1. The number of carbonyl (C=O) groups excluding carboxylic acids is 1. The fraction of sp³-hybridized carbons (Fsp3) is 0.842. The molecule has 6 heteroatoms. The zero-order chi connectivity index (χ0) is 17.8. The first-order valence-electron chi connectivity index (χ1n) is 9.82. The Balaban J connectivity index is 1.53. The summed E-state index contributed by atoms with van der Waals surface area (Å²) in [7, 11) is 0. The van der Waals surface area contributed by atoms with Gasteiger partial charge in [-0.15, -0.1) is 0 Å². The summed E-state index contributed by atoms with van der Waals surface area (Å²) in [4.78, 5) is 21.2. The van der Waals surface area contributed by atoms with Crippen LogP contribution in [0.3, 0.4) is 0 Å². The highest BCUT2D eigenvalue weighted by atomic mass is 16.5. The van der Waals surface area contributed by atoms with Gasteiger partial charge in [0.2, 0.25) is 11.8 Å². The van der Waals surface area contributed by atoms with E-state index in [1.165, 1.54) is 32.4 Å². The monoisotopic (exact) mass is 348 g/mol. The first-order chi connectivity index (χ1) is 12.0. The van der Waals surface area contributed by atoms with Crippen LogP contribution in [0.25, 0.3) is 0 Å². The first kappa shape index (κ1) is 18.4. The van der Waals surface area contributed by atoms with Gasteiger partial charge in [-0.25, -0.2) is 0 Å². The Morgan fingerprint density at radius 2 is 2.16 bits per heavy atom. The van der Waals surface area contributed by atoms with Crippen molar-refractivity contribution in [2.75, 3.05) is 26.2 Å². The van der Waals surface area contributed by atoms with E-state index in [2.05, 4.69) is 28.9 Å². The van der Waals surface area contributed by atoms with Crippen molar-refractivity contribution in [2.24, 2.45) is 11.8 Å². The summed E-state index contributed by atoms with van der Waals surface area (Å²) >= 11 is 0. The second-order valence-corrected chi connectivity index (χ2v) is 8.16. The van der Waals surface area contributed by atoms with Crippen molar-refractivity contribution in [3.8, 4) is 0 Å². The number of piperidine rings is 1. The molecule has 1 saturated heterocycles. The lowest BCUT2D eigenvalue weighted by atomic mass is 10.0. The average molecular weight is 348 g/mol. The molecule has 1 unspecified atom stereocenters. The molecule has 3 rings (SSSR count). The Hall–Kier alpha value is -1.43. The zero-order valence-corrected chi connectivity index (χ0v) is 15.9. The van der Waals surface area contributed by atoms with Crippen LogP contribution in [-0.2, 0) is 17.6 Å². The minimum absolute atomic E-state index is 0.157. The molecule has 1 aliphatic heterocycles. The predicted molar refractivity (Wildman–Crippen MR) is 96.1 cm³/mol. The molecule has 0 radical (unpaired) electrons. The minimum atomic E-state index is 0.157. The topological polar surface area (TPSA) is 62.5 Å². The number of hydrogen-bond donors (Lipinski definition) is 0. The third kappa shape index (κ3) is 5.53. The molecule has 0 N–H and O–H groups in total. The van der Waals surface area contributed by atoms with Crippen LogP contribution in [0.5, 0.6) is 0 Å². The van der Waals surface area contributed by atoms with Crippen LogP contribution in [0.4, 0.5) is 0 Å². The Bertz CT molecular complexity index is 568. The Kier molecular flexibility index (Phi) is 6.10. The molecular weight excluding hydrogens is 316 g/mol. The van der Waals surface area contributed by atoms with Gasteiger partial charge in [0.1, 0.15) is 0 Å². The molecule has 1 aliphatic carbocycles. The van der Waals surface area contributed by atoms with Crippen LogP contribution in [0, 0.1) is 11.8 Å². The molecule has 0 bridgehead atoms. The molecule has 25 heavy (non-hydrogen) atoms. The van der Waals surface area contributed by atoms with Crippen molar-refractivity contribution in [2.45, 2.75) is 65.3 Å². The van der Waals surface area contributed by atoms with Crippen molar-refractivity contribution < 1.29 is 9.32 Å². The number of likely N-dealkylation sites (tertiary alicyclic amines) is 1. The smallest absolute Gasteiger partial charge is 0.226 e. The first-order valence-corrected chi connectivity index (χ1v) is 9.82. The molecule has 1 aromatic rings. The lowest BCUT2D eigenvalue weighted by Gasteiger charge is -2.39. The number of carbonyl (C=O) groups is 1. The van der Waals surface area contributed by atoms with E-state index in [9.17, 15) is 4.79 Å². The van der Waals surface area contributed by atoms with E-state index in [0.29, 0.717) is 36.6 Å². The maximum Gasteiger partial charge on any atom is 0.226 e. The molecule has 1 aromatic heterocycles. The van der Waals surface area contributed by atoms with E-state index < -0.39 is 0 Å². The SMILES string of the molecule is CC(=O)N(CCc1noc(CC(C)C)n1)C1CCCN(CC2CC2)C1. The molecule has 2 fully saturated rings. The second kappa shape index (κ2) is 8.30. The highest BCUT2D eigenvalue weighted by molar-refractivity contribution is 5.73. The molecule has 1 amide bonds. The summed E-state index contributed by atoms with van der Waals surface area (Å²) in [6, 6.07) is 0.326. The van der Waals surface area contributed by atoms with Gasteiger partial charge in [-0.2, -0.15) is 4.98 Å². The highest BCUT2D eigenvalue weighted by Crippen LogP contribution is 2.31. The zero-order valence-electron chi connectivity index (χ0n) is 15.9. The maximum absolute atomic E-state index is 12.2. The molecule has 1 saturated carbocycles. The van der Waals surface area contributed by atoms with Crippen LogP contribution in [0.2, 0.25) is 0 Å². The Morgan fingerprint density at radius 3 is 2.84 bits per heavy atom. The van der Waals surface area contributed by atoms with Gasteiger partial charge in [0, 0.05) is 45.4 Å². The normalized spacial score (nSPS) is 21.7. The van der Waals surface area contributed by atoms with Crippen molar-refractivity contribution in [3.63, 3.8) is 0 Å². The van der Waals surface area contributed by atoms with Gasteiger partial charge in [0.25, 0.3) is 0 Å². The maximum atomic E-state index is 12.2. The Labute approximate surface area is 150 Å². The van der Waals surface area contributed by atoms with Crippen LogP contribution < -0.4 is 0 Å². The van der Waals surface area contributed by atoms with Gasteiger partial charge in [0.15, 0.2) is 5.82 Å². The van der Waals surface area contributed by atoms with E-state index in [1.807, 2.05) is 4.90 Å². The fourth-order valence-electron chi connectivity index (χ4n) is 3.76. The summed E-state index contributed by atoms with van der Waals surface area (Å²) < 4.78 is 5.31. The van der Waals surface area contributed by atoms with Crippen molar-refractivity contribution in [1.82, 2.24) is 19.9 Å². The summed E-state index contributed by atoms with van der Waals surface area (Å²) in [5, 5.41) is 4.07. The van der Waals surface area contributed by atoms with Gasteiger partial charge in [0.05, 0.1) is 0 Å². The number of nitrogens with zero attached hydrogens (tertiary/aromatic N) is 4. The van der Waals surface area contributed by atoms with Gasteiger partial charge in [-0.05, 0) is 44.1 Å². The summed E-state index contributed by atoms with van der Waals surface area (Å²) in [5.41, 5.74) is 0. The quantitative estimate of drug-likeness (QED) is 0.722. The lowest BCUT2D eigenvalue weighted by Crippen LogP contribution is -2.50. The van der Waals surface area contributed by atoms with Gasteiger partial charge in [-0.3, -0.25) is 4.79 Å². The van der Waals surface area contributed by atoms with Crippen molar-refractivity contribution in [1.29, 1.82) is 0 Å². The van der Waals surface area contributed by atoms with E-state index in [0.717, 1.165) is 25.3 Å². The standard InChI is InChI=1S/C19H32N4O2/c1-14(2)11-19-20-18(21-25-19)8-10-23(15(3)24)17-5-4-9-22(13-17)12-16-6-7-16/h14,16-17H,4-13H2,1-3H3. The van der Waals surface area contributed by atoms with Crippen LogP contribution in [0.1, 0.15) is 58.2 Å². The van der Waals surface area contributed by atoms with E-state index in [4.69, 9.17) is 4.52 Å². The van der Waals surface area contributed by atoms with Crippen LogP contribution in [-0.4, -0.2) is 58.1 Å². The Morgan fingerprint density at radius 1 is 1.36 bits per heavy atom. The molecule has 0 aromatic carbocycles. The number of hydrogen-bond acceptors (Lipinski definition) is 5. The molecule has 2 heterocycles. The fourth-order valence-corrected chi connectivity index (χ4v) is 3.76. The predicted octanol–water partition coefficient (Wildman–Crippen LogP) is 2.53. The highest BCUT2D eigenvalue weighted by Gasteiger charge is 2.30. The minimum Gasteiger partial charge on any atom is -0.339 e. The third-order valence-corrected chi connectivity index (χ3v) is 5.21. The molecule has 2 aliphatic rings. The van der Waals surface area contributed by atoms with Crippen molar-refractivity contribution in [3.05, 3.63) is 11.7 Å². The van der Waals surface area contributed by atoms with E-state index in [-0.39, 0.29) is 5.91 Å². The summed E-state index contributed by atoms with van der Waals surface area (Å²) in [6.07, 6.45) is 6.53. The van der Waals surface area contributed by atoms with Gasteiger partial charge in [-0.1, -0.05) is 19.0 Å². The van der Waals surface area contributed by atoms with Crippen molar-refractivity contribution >= 4 is 5.91 Å². The summed E-state index contributed by atoms with van der Waals surface area (Å²) in [6.45, 7) is 10.0. The molecule has 0 spiro atoms. The van der Waals surface area contributed by atoms with Crippen LogP contribution >= 0.6 is 0 Å². The largest absolute Gasteiger partial charge is 0.339 e. The average Bonchev–Trinajstić information content (AvgIpc) is 3.25. The molecule has 1 atom stereocenters. The number of rotatable bonds is 8. The third-order valence-electron chi connectivity index (χ3n) is 5.21. The van der Waals surface area contributed by atoms with Gasteiger partial charge < -0.3 is 14.3 Å². The molecular formula is C19H32N4O2. The second-order valence-electron chi connectivity index (χ2n) is 8.16. The lowest BCUT2D eigenvalue weighted by molar-refractivity contribution is -0.132. The molecule has 140 valence electrons. The van der Waals surface area contributed by atoms with E-state index in [1.54, 1.807) is 6.92 Å². The van der Waals surface area contributed by atoms with Crippen LogP contribution in [0.15, 0.2) is 4.52 Å². The van der Waals surface area contributed by atoms with E-state index >= 15 is 0 Å². The van der Waals surface area contributed by atoms with Gasteiger partial charge >= 0.3 is 0 Å².